The third-order valence-electron chi connectivity index (χ3n) is 5.03. The number of likely N-dealkylation sites (N-methyl/N-ethyl adjacent to an activating group) is 1. The molecule has 0 aromatic carbocycles. The summed E-state index contributed by atoms with van der Waals surface area (Å²) in [7, 11) is 2.14. The maximum Gasteiger partial charge on any atom is 0.158 e. The Morgan fingerprint density at radius 1 is 1.29 bits per heavy atom. The van der Waals surface area contributed by atoms with Crippen molar-refractivity contribution in [3.05, 3.63) is 22.8 Å². The lowest BCUT2D eigenvalue weighted by Gasteiger charge is -2.33. The zero-order valence-electron chi connectivity index (χ0n) is 12.8. The molecule has 1 aromatic rings. The van der Waals surface area contributed by atoms with Gasteiger partial charge in [0.05, 0.1) is 18.0 Å². The van der Waals surface area contributed by atoms with Crippen molar-refractivity contribution in [2.45, 2.75) is 44.2 Å². The lowest BCUT2D eigenvalue weighted by Crippen LogP contribution is -2.37. The number of aromatic nitrogens is 2. The van der Waals surface area contributed by atoms with Crippen LogP contribution in [0.1, 0.15) is 54.1 Å². The third kappa shape index (κ3) is 2.58. The van der Waals surface area contributed by atoms with Crippen LogP contribution in [0.25, 0.3) is 0 Å². The normalized spacial score (nSPS) is 27.2. The van der Waals surface area contributed by atoms with Crippen LogP contribution in [0.3, 0.4) is 0 Å². The minimum absolute atomic E-state index is 0.0442. The zero-order chi connectivity index (χ0) is 14.2. The zero-order valence-corrected chi connectivity index (χ0v) is 12.8. The molecule has 1 aliphatic carbocycles. The van der Waals surface area contributed by atoms with Crippen molar-refractivity contribution in [1.82, 2.24) is 20.2 Å². The number of hydrogen-bond acceptors (Lipinski definition) is 5. The van der Waals surface area contributed by atoms with Gasteiger partial charge in [-0.2, -0.15) is 0 Å². The first-order valence-electron chi connectivity index (χ1n) is 8.21. The van der Waals surface area contributed by atoms with Crippen LogP contribution in [0.15, 0.2) is 0 Å². The smallest absolute Gasteiger partial charge is 0.158 e. The van der Waals surface area contributed by atoms with Crippen LogP contribution < -0.4 is 5.32 Å². The molecule has 1 saturated carbocycles. The number of rotatable bonds is 2. The van der Waals surface area contributed by atoms with Gasteiger partial charge in [0, 0.05) is 44.1 Å². The van der Waals surface area contributed by atoms with Gasteiger partial charge in [-0.05, 0) is 19.9 Å². The van der Waals surface area contributed by atoms with Crippen LogP contribution in [0.2, 0.25) is 0 Å². The predicted octanol–water partition coefficient (Wildman–Crippen LogP) is 1.39. The van der Waals surface area contributed by atoms with Crippen LogP contribution in [-0.4, -0.2) is 48.2 Å². The highest BCUT2D eigenvalue weighted by Crippen LogP contribution is 2.38. The highest BCUT2D eigenvalue weighted by atomic mass is 16.5. The average molecular weight is 288 g/mol. The minimum atomic E-state index is 0.0442. The fraction of sp³-hybridized carbons (Fsp3) is 0.750. The molecule has 1 aromatic heterocycles. The lowest BCUT2D eigenvalue weighted by atomic mass is 9.80. The summed E-state index contributed by atoms with van der Waals surface area (Å²) in [5.41, 5.74) is 3.95. The Bertz CT molecular complexity index is 529. The van der Waals surface area contributed by atoms with E-state index in [1.165, 1.54) is 36.2 Å². The van der Waals surface area contributed by atoms with Crippen LogP contribution in [0, 0.1) is 0 Å². The van der Waals surface area contributed by atoms with Crippen molar-refractivity contribution in [2.24, 2.45) is 0 Å². The van der Waals surface area contributed by atoms with Crippen molar-refractivity contribution in [1.29, 1.82) is 0 Å². The first-order chi connectivity index (χ1) is 10.3. The van der Waals surface area contributed by atoms with Gasteiger partial charge < -0.3 is 15.0 Å². The Morgan fingerprint density at radius 3 is 2.95 bits per heavy atom. The van der Waals surface area contributed by atoms with E-state index in [4.69, 9.17) is 14.7 Å². The molecule has 3 aliphatic rings. The van der Waals surface area contributed by atoms with Gasteiger partial charge in [0.2, 0.25) is 0 Å². The Morgan fingerprint density at radius 2 is 2.19 bits per heavy atom. The summed E-state index contributed by atoms with van der Waals surface area (Å²) in [4.78, 5) is 12.1. The van der Waals surface area contributed by atoms with E-state index in [2.05, 4.69) is 17.3 Å². The molecule has 2 aliphatic heterocycles. The van der Waals surface area contributed by atoms with Crippen molar-refractivity contribution in [3.8, 4) is 0 Å². The molecule has 4 rings (SSSR count). The molecule has 5 heteroatoms. The molecular weight excluding hydrogens is 264 g/mol. The van der Waals surface area contributed by atoms with E-state index in [-0.39, 0.29) is 6.10 Å². The second-order valence-electron chi connectivity index (χ2n) is 6.57. The largest absolute Gasteiger partial charge is 0.368 e. The molecule has 114 valence electrons. The predicted molar refractivity (Wildman–Crippen MR) is 80.2 cm³/mol. The van der Waals surface area contributed by atoms with E-state index in [0.717, 1.165) is 45.0 Å². The number of nitrogens with zero attached hydrogens (tertiary/aromatic N) is 3. The Hall–Kier alpha value is -1.04. The molecule has 0 amide bonds. The topological polar surface area (TPSA) is 50.3 Å². The van der Waals surface area contributed by atoms with E-state index < -0.39 is 0 Å². The van der Waals surface area contributed by atoms with Gasteiger partial charge in [-0.25, -0.2) is 9.97 Å². The molecule has 0 spiro atoms. The summed E-state index contributed by atoms with van der Waals surface area (Å²) in [6, 6.07) is 0. The number of ether oxygens (including phenoxy) is 1. The average Bonchev–Trinajstić information content (AvgIpc) is 2.45. The first-order valence-corrected chi connectivity index (χ1v) is 8.21. The van der Waals surface area contributed by atoms with Gasteiger partial charge in [0.15, 0.2) is 5.82 Å². The van der Waals surface area contributed by atoms with Crippen LogP contribution in [-0.2, 0) is 17.7 Å². The SMILES string of the molecule is CN1CCOC(c2nc3c(c(C4CCC4)n2)CNCC3)C1. The highest BCUT2D eigenvalue weighted by Gasteiger charge is 2.30. The highest BCUT2D eigenvalue weighted by molar-refractivity contribution is 5.32. The summed E-state index contributed by atoms with van der Waals surface area (Å²) in [5, 5.41) is 3.47. The monoisotopic (exact) mass is 288 g/mol. The van der Waals surface area contributed by atoms with Crippen molar-refractivity contribution >= 4 is 0 Å². The Kier molecular flexibility index (Phi) is 3.65. The molecule has 1 atom stereocenters. The molecule has 21 heavy (non-hydrogen) atoms. The van der Waals surface area contributed by atoms with Gasteiger partial charge in [-0.3, -0.25) is 0 Å². The molecule has 0 radical (unpaired) electrons. The number of nitrogens with one attached hydrogen (secondary N) is 1. The van der Waals surface area contributed by atoms with Crippen LogP contribution >= 0.6 is 0 Å². The summed E-state index contributed by atoms with van der Waals surface area (Å²) in [6.45, 7) is 4.65. The fourth-order valence-corrected chi connectivity index (χ4v) is 3.49. The van der Waals surface area contributed by atoms with E-state index in [1.807, 2.05) is 0 Å². The van der Waals surface area contributed by atoms with Gasteiger partial charge >= 0.3 is 0 Å². The molecule has 1 unspecified atom stereocenters. The maximum absolute atomic E-state index is 5.93. The quantitative estimate of drug-likeness (QED) is 0.891. The van der Waals surface area contributed by atoms with Gasteiger partial charge in [0.25, 0.3) is 0 Å². The number of morpholine rings is 1. The standard InChI is InChI=1S/C16H24N4O/c1-20-7-8-21-14(10-20)16-18-13-5-6-17-9-12(13)15(19-16)11-3-2-4-11/h11,14,17H,2-10H2,1H3. The van der Waals surface area contributed by atoms with E-state index >= 15 is 0 Å². The van der Waals surface area contributed by atoms with E-state index in [1.54, 1.807) is 0 Å². The second-order valence-corrected chi connectivity index (χ2v) is 6.57. The summed E-state index contributed by atoms with van der Waals surface area (Å²) in [6.07, 6.45) is 4.98. The first kappa shape index (κ1) is 13.6. The summed E-state index contributed by atoms with van der Waals surface area (Å²) >= 11 is 0. The van der Waals surface area contributed by atoms with Gasteiger partial charge in [0.1, 0.15) is 6.10 Å². The number of hydrogen-bond donors (Lipinski definition) is 1. The molecular formula is C16H24N4O. The van der Waals surface area contributed by atoms with E-state index in [0.29, 0.717) is 5.92 Å². The lowest BCUT2D eigenvalue weighted by molar-refractivity contribution is -0.0258. The Balaban J connectivity index is 1.70. The minimum Gasteiger partial charge on any atom is -0.368 e. The molecule has 1 saturated heterocycles. The molecule has 1 N–H and O–H groups in total. The van der Waals surface area contributed by atoms with Crippen molar-refractivity contribution < 1.29 is 4.74 Å². The van der Waals surface area contributed by atoms with Crippen LogP contribution in [0.4, 0.5) is 0 Å². The van der Waals surface area contributed by atoms with Crippen molar-refractivity contribution in [2.75, 3.05) is 33.3 Å². The van der Waals surface area contributed by atoms with E-state index in [9.17, 15) is 0 Å². The van der Waals surface area contributed by atoms with Crippen molar-refractivity contribution in [3.63, 3.8) is 0 Å². The van der Waals surface area contributed by atoms with Gasteiger partial charge in [-0.1, -0.05) is 6.42 Å². The maximum atomic E-state index is 5.93. The summed E-state index contributed by atoms with van der Waals surface area (Å²) < 4.78 is 5.93. The fourth-order valence-electron chi connectivity index (χ4n) is 3.49. The van der Waals surface area contributed by atoms with Gasteiger partial charge in [-0.15, -0.1) is 0 Å². The molecule has 0 bridgehead atoms. The Labute approximate surface area is 126 Å². The third-order valence-corrected chi connectivity index (χ3v) is 5.03. The molecule has 2 fully saturated rings. The molecule has 3 heterocycles. The second kappa shape index (κ2) is 5.63. The van der Waals surface area contributed by atoms with Crippen LogP contribution in [0.5, 0.6) is 0 Å². The number of fused-ring (bicyclic) bond motifs is 1. The summed E-state index contributed by atoms with van der Waals surface area (Å²) in [5.74, 6) is 1.57. The molecule has 5 nitrogen and oxygen atoms in total.